The first kappa shape index (κ1) is 14.7. The van der Waals surface area contributed by atoms with Crippen molar-refractivity contribution in [3.05, 3.63) is 52.3 Å². The Balaban J connectivity index is 2.12. The van der Waals surface area contributed by atoms with E-state index >= 15 is 0 Å². The van der Waals surface area contributed by atoms with Crippen LogP contribution in [0.15, 0.2) is 41.0 Å². The zero-order chi connectivity index (χ0) is 14.7. The Kier molecular flexibility index (Phi) is 4.49. The molecule has 5 heteroatoms. The molecule has 0 saturated heterocycles. The van der Waals surface area contributed by atoms with Crippen LogP contribution in [0.4, 0.5) is 5.69 Å². The van der Waals surface area contributed by atoms with Crippen molar-refractivity contribution in [2.45, 2.75) is 26.4 Å². The molecule has 0 aliphatic carbocycles. The highest BCUT2D eigenvalue weighted by atomic mass is 79.9. The molecule has 106 valence electrons. The summed E-state index contributed by atoms with van der Waals surface area (Å²) in [5.41, 5.74) is 8.00. The van der Waals surface area contributed by atoms with Gasteiger partial charge in [0.05, 0.1) is 11.7 Å². The number of anilines is 1. The zero-order valence-electron chi connectivity index (χ0n) is 11.6. The Labute approximate surface area is 127 Å². The molecule has 0 saturated carbocycles. The third-order valence-corrected chi connectivity index (χ3v) is 3.74. The normalized spacial score (nSPS) is 12.2. The number of benzene rings is 1. The van der Waals surface area contributed by atoms with Crippen LogP contribution in [-0.2, 0) is 6.54 Å². The third kappa shape index (κ3) is 3.22. The molecular weight excluding hydrogens is 318 g/mol. The number of aromatic nitrogens is 1. The minimum atomic E-state index is -0.112. The van der Waals surface area contributed by atoms with Gasteiger partial charge in [0, 0.05) is 17.2 Å². The van der Waals surface area contributed by atoms with Crippen molar-refractivity contribution in [3.63, 3.8) is 0 Å². The highest BCUT2D eigenvalue weighted by molar-refractivity contribution is 9.10. The monoisotopic (exact) mass is 335 g/mol. The van der Waals surface area contributed by atoms with E-state index in [0.717, 1.165) is 10.0 Å². The Morgan fingerprint density at radius 1 is 1.40 bits per heavy atom. The maximum atomic E-state index is 12.3. The van der Waals surface area contributed by atoms with Gasteiger partial charge in [-0.3, -0.25) is 4.79 Å². The summed E-state index contributed by atoms with van der Waals surface area (Å²) in [5.74, 6) is -0.112. The molecule has 0 unspecified atom stereocenters. The van der Waals surface area contributed by atoms with Crippen LogP contribution in [0.2, 0.25) is 0 Å². The molecule has 0 aliphatic heterocycles. The quantitative estimate of drug-likeness (QED) is 0.900. The SMILES string of the molecule is CCn1cc(N)cc1C(=O)N[C@@H](C)c1ccc(Br)cc1. The van der Waals surface area contributed by atoms with Crippen LogP contribution in [0, 0.1) is 0 Å². The number of nitrogens with one attached hydrogen (secondary N) is 1. The number of amides is 1. The van der Waals surface area contributed by atoms with Crippen LogP contribution >= 0.6 is 15.9 Å². The first-order valence-corrected chi connectivity index (χ1v) is 7.32. The standard InChI is InChI=1S/C15H18BrN3O/c1-3-19-9-13(17)8-14(19)15(20)18-10(2)11-4-6-12(16)7-5-11/h4-10H,3,17H2,1-2H3,(H,18,20)/t10-/m0/s1. The van der Waals surface area contributed by atoms with Crippen molar-refractivity contribution in [3.8, 4) is 0 Å². The lowest BCUT2D eigenvalue weighted by Crippen LogP contribution is -2.28. The van der Waals surface area contributed by atoms with E-state index in [9.17, 15) is 4.79 Å². The van der Waals surface area contributed by atoms with Crippen LogP contribution < -0.4 is 11.1 Å². The van der Waals surface area contributed by atoms with Gasteiger partial charge in [-0.1, -0.05) is 28.1 Å². The summed E-state index contributed by atoms with van der Waals surface area (Å²) in [4.78, 5) is 12.3. The van der Waals surface area contributed by atoms with Crippen LogP contribution in [-0.4, -0.2) is 10.5 Å². The lowest BCUT2D eigenvalue weighted by atomic mass is 10.1. The van der Waals surface area contributed by atoms with E-state index in [0.29, 0.717) is 17.9 Å². The second-order valence-corrected chi connectivity index (χ2v) is 5.61. The maximum absolute atomic E-state index is 12.3. The minimum absolute atomic E-state index is 0.0583. The fraction of sp³-hybridized carbons (Fsp3) is 0.267. The highest BCUT2D eigenvalue weighted by Crippen LogP contribution is 2.18. The second-order valence-electron chi connectivity index (χ2n) is 4.69. The number of carbonyl (C=O) groups excluding carboxylic acids is 1. The van der Waals surface area contributed by atoms with Crippen LogP contribution in [0.3, 0.4) is 0 Å². The second kappa shape index (κ2) is 6.13. The van der Waals surface area contributed by atoms with E-state index < -0.39 is 0 Å². The van der Waals surface area contributed by atoms with Crippen molar-refractivity contribution in [1.82, 2.24) is 9.88 Å². The van der Waals surface area contributed by atoms with Crippen LogP contribution in [0.25, 0.3) is 0 Å². The molecule has 1 heterocycles. The van der Waals surface area contributed by atoms with Crippen molar-refractivity contribution in [1.29, 1.82) is 0 Å². The molecular formula is C15H18BrN3O. The van der Waals surface area contributed by atoms with Gasteiger partial charge in [-0.2, -0.15) is 0 Å². The molecule has 0 radical (unpaired) electrons. The van der Waals surface area contributed by atoms with Gasteiger partial charge in [-0.15, -0.1) is 0 Å². The van der Waals surface area contributed by atoms with Gasteiger partial charge < -0.3 is 15.6 Å². The van der Waals surface area contributed by atoms with Gasteiger partial charge in [-0.05, 0) is 37.6 Å². The van der Waals surface area contributed by atoms with Crippen molar-refractivity contribution in [2.24, 2.45) is 0 Å². The van der Waals surface area contributed by atoms with E-state index in [1.54, 1.807) is 12.3 Å². The molecule has 1 aromatic heterocycles. The Morgan fingerprint density at radius 3 is 2.65 bits per heavy atom. The Hall–Kier alpha value is -1.75. The van der Waals surface area contributed by atoms with Gasteiger partial charge in [0.1, 0.15) is 5.69 Å². The predicted molar refractivity (Wildman–Crippen MR) is 84.5 cm³/mol. The summed E-state index contributed by atoms with van der Waals surface area (Å²) >= 11 is 3.40. The smallest absolute Gasteiger partial charge is 0.268 e. The first-order chi connectivity index (χ1) is 9.51. The number of nitrogen functional groups attached to an aromatic ring is 1. The predicted octanol–water partition coefficient (Wildman–Crippen LogP) is 3.34. The number of nitrogens with two attached hydrogens (primary N) is 1. The summed E-state index contributed by atoms with van der Waals surface area (Å²) in [7, 11) is 0. The number of hydrogen-bond acceptors (Lipinski definition) is 2. The molecule has 2 rings (SSSR count). The van der Waals surface area contributed by atoms with Gasteiger partial charge in [-0.25, -0.2) is 0 Å². The van der Waals surface area contributed by atoms with Crippen molar-refractivity contribution < 1.29 is 4.79 Å². The topological polar surface area (TPSA) is 60.0 Å². The molecule has 0 aliphatic rings. The third-order valence-electron chi connectivity index (χ3n) is 3.21. The number of hydrogen-bond donors (Lipinski definition) is 2. The zero-order valence-corrected chi connectivity index (χ0v) is 13.1. The minimum Gasteiger partial charge on any atom is -0.397 e. The molecule has 0 spiro atoms. The van der Waals surface area contributed by atoms with Gasteiger partial charge >= 0.3 is 0 Å². The summed E-state index contributed by atoms with van der Waals surface area (Å²) in [6, 6.07) is 9.55. The van der Waals surface area contributed by atoms with Gasteiger partial charge in [0.2, 0.25) is 0 Å². The van der Waals surface area contributed by atoms with Crippen LogP contribution in [0.1, 0.15) is 35.9 Å². The van der Waals surface area contributed by atoms with Crippen molar-refractivity contribution >= 4 is 27.5 Å². The lowest BCUT2D eigenvalue weighted by molar-refractivity contribution is 0.0930. The number of rotatable bonds is 4. The maximum Gasteiger partial charge on any atom is 0.268 e. The average molecular weight is 336 g/mol. The largest absolute Gasteiger partial charge is 0.397 e. The fourth-order valence-electron chi connectivity index (χ4n) is 2.09. The highest BCUT2D eigenvalue weighted by Gasteiger charge is 2.15. The van der Waals surface area contributed by atoms with Gasteiger partial charge in [0.15, 0.2) is 0 Å². The lowest BCUT2D eigenvalue weighted by Gasteiger charge is -2.15. The first-order valence-electron chi connectivity index (χ1n) is 6.53. The molecule has 0 bridgehead atoms. The number of carbonyl (C=O) groups is 1. The molecule has 2 aromatic rings. The molecule has 4 nitrogen and oxygen atoms in total. The molecule has 3 N–H and O–H groups in total. The van der Waals surface area contributed by atoms with Crippen molar-refractivity contribution in [2.75, 3.05) is 5.73 Å². The average Bonchev–Trinajstić information content (AvgIpc) is 2.80. The molecule has 1 atom stereocenters. The molecule has 1 aromatic carbocycles. The molecule has 0 fully saturated rings. The number of aryl methyl sites for hydroxylation is 1. The number of nitrogens with zero attached hydrogens (tertiary/aromatic N) is 1. The Bertz CT molecular complexity index is 604. The van der Waals surface area contributed by atoms with E-state index in [-0.39, 0.29) is 11.9 Å². The molecule has 20 heavy (non-hydrogen) atoms. The summed E-state index contributed by atoms with van der Waals surface area (Å²) in [5, 5.41) is 2.99. The molecule has 1 amide bonds. The fourth-order valence-corrected chi connectivity index (χ4v) is 2.35. The Morgan fingerprint density at radius 2 is 2.05 bits per heavy atom. The van der Waals surface area contributed by atoms with E-state index in [1.807, 2.05) is 42.7 Å². The van der Waals surface area contributed by atoms with E-state index in [1.165, 1.54) is 0 Å². The summed E-state index contributed by atoms with van der Waals surface area (Å²) in [6.07, 6.45) is 1.78. The van der Waals surface area contributed by atoms with E-state index in [2.05, 4.69) is 21.2 Å². The van der Waals surface area contributed by atoms with Crippen LogP contribution in [0.5, 0.6) is 0 Å². The summed E-state index contributed by atoms with van der Waals surface area (Å²) in [6.45, 7) is 4.66. The van der Waals surface area contributed by atoms with E-state index in [4.69, 9.17) is 5.73 Å². The summed E-state index contributed by atoms with van der Waals surface area (Å²) < 4.78 is 2.87. The van der Waals surface area contributed by atoms with Gasteiger partial charge in [0.25, 0.3) is 5.91 Å². The number of halogens is 1.